The third-order valence-corrected chi connectivity index (χ3v) is 2.27. The number of hydrogen-bond donors (Lipinski definition) is 2. The lowest BCUT2D eigenvalue weighted by molar-refractivity contribution is -0.118. The quantitative estimate of drug-likeness (QED) is 0.751. The number of benzene rings is 1. The van der Waals surface area contributed by atoms with Gasteiger partial charge in [0.15, 0.2) is 12.9 Å². The number of aliphatic hydroxyl groups excluding tert-OH is 1. The van der Waals surface area contributed by atoms with Crippen LogP contribution in [0.3, 0.4) is 0 Å². The summed E-state index contributed by atoms with van der Waals surface area (Å²) in [5.74, 6) is 0.319. The smallest absolute Gasteiger partial charge is 0.262 e. The molecule has 5 nitrogen and oxygen atoms in total. The molecule has 0 fully saturated rings. The number of para-hydroxylation sites is 1. The van der Waals surface area contributed by atoms with Gasteiger partial charge in [-0.2, -0.15) is 0 Å². The van der Waals surface area contributed by atoms with E-state index in [1.165, 1.54) is 0 Å². The third-order valence-electron chi connectivity index (χ3n) is 2.27. The van der Waals surface area contributed by atoms with Crippen LogP contribution in [0.15, 0.2) is 18.2 Å². The first-order chi connectivity index (χ1) is 7.72. The van der Waals surface area contributed by atoms with Gasteiger partial charge in [-0.15, -0.1) is 0 Å². The molecule has 1 aromatic rings. The van der Waals surface area contributed by atoms with Crippen LogP contribution in [0.4, 0.5) is 5.69 Å². The highest BCUT2D eigenvalue weighted by molar-refractivity contribution is 5.96. The number of anilines is 1. The highest BCUT2D eigenvalue weighted by Crippen LogP contribution is 2.34. The van der Waals surface area contributed by atoms with Gasteiger partial charge in [0.2, 0.25) is 0 Å². The molecule has 1 atom stereocenters. The number of carbonyl (C=O) groups is 1. The van der Waals surface area contributed by atoms with Gasteiger partial charge in [0, 0.05) is 12.2 Å². The number of ether oxygens (including phenoxy) is 2. The molecule has 1 aliphatic rings. The first-order valence-corrected chi connectivity index (χ1v) is 5.07. The summed E-state index contributed by atoms with van der Waals surface area (Å²) in [5.41, 5.74) is 0.993. The minimum atomic E-state index is -1.05. The minimum absolute atomic E-state index is 0.00117. The molecular weight excluding hydrogens is 210 g/mol. The van der Waals surface area contributed by atoms with Crippen molar-refractivity contribution in [3.8, 4) is 5.75 Å². The van der Waals surface area contributed by atoms with E-state index in [-0.39, 0.29) is 12.5 Å². The zero-order valence-corrected chi connectivity index (χ0v) is 8.90. The van der Waals surface area contributed by atoms with Crippen LogP contribution in [-0.2, 0) is 9.53 Å². The lowest BCUT2D eigenvalue weighted by Gasteiger charge is -2.22. The van der Waals surface area contributed by atoms with E-state index < -0.39 is 6.29 Å². The zero-order valence-electron chi connectivity index (χ0n) is 8.90. The molecule has 1 unspecified atom stereocenters. The van der Waals surface area contributed by atoms with Crippen LogP contribution in [0.25, 0.3) is 0 Å². The van der Waals surface area contributed by atoms with Crippen molar-refractivity contribution in [3.63, 3.8) is 0 Å². The molecule has 1 heterocycles. The summed E-state index contributed by atoms with van der Waals surface area (Å²) in [7, 11) is 0. The Bertz CT molecular complexity index is 405. The summed E-state index contributed by atoms with van der Waals surface area (Å²) in [6.45, 7) is 2.18. The topological polar surface area (TPSA) is 67.8 Å². The van der Waals surface area contributed by atoms with Gasteiger partial charge < -0.3 is 19.9 Å². The zero-order chi connectivity index (χ0) is 11.5. The summed E-state index contributed by atoms with van der Waals surface area (Å²) < 4.78 is 10.3. The second-order valence-corrected chi connectivity index (χ2v) is 3.36. The molecule has 0 bridgehead atoms. The number of fused-ring (bicyclic) bond motifs is 1. The van der Waals surface area contributed by atoms with Gasteiger partial charge in [0.1, 0.15) is 5.75 Å². The van der Waals surface area contributed by atoms with E-state index in [1.54, 1.807) is 25.1 Å². The van der Waals surface area contributed by atoms with Crippen molar-refractivity contribution in [1.82, 2.24) is 0 Å². The van der Waals surface area contributed by atoms with Gasteiger partial charge in [-0.05, 0) is 13.0 Å². The van der Waals surface area contributed by atoms with Crippen molar-refractivity contribution in [2.45, 2.75) is 13.2 Å². The van der Waals surface area contributed by atoms with Crippen molar-refractivity contribution >= 4 is 11.6 Å². The van der Waals surface area contributed by atoms with Gasteiger partial charge in [-0.25, -0.2) is 0 Å². The molecule has 86 valence electrons. The molecule has 2 rings (SSSR count). The summed E-state index contributed by atoms with van der Waals surface area (Å²) >= 11 is 0. The maximum atomic E-state index is 11.2. The predicted molar refractivity (Wildman–Crippen MR) is 57.2 cm³/mol. The SMILES string of the molecule is CCOC(O)c1cccc2c1NC(=O)CO2. The van der Waals surface area contributed by atoms with Crippen LogP contribution in [0.5, 0.6) is 5.75 Å². The maximum Gasteiger partial charge on any atom is 0.262 e. The van der Waals surface area contributed by atoms with Gasteiger partial charge >= 0.3 is 0 Å². The molecule has 0 aromatic heterocycles. The minimum Gasteiger partial charge on any atom is -0.482 e. The van der Waals surface area contributed by atoms with Crippen molar-refractivity contribution < 1.29 is 19.4 Å². The van der Waals surface area contributed by atoms with Crippen LogP contribution in [-0.4, -0.2) is 24.2 Å². The van der Waals surface area contributed by atoms with Crippen LogP contribution in [0.1, 0.15) is 18.8 Å². The molecule has 0 spiro atoms. The lowest BCUT2D eigenvalue weighted by atomic mass is 10.1. The van der Waals surface area contributed by atoms with Crippen LogP contribution in [0, 0.1) is 0 Å². The molecule has 0 aliphatic carbocycles. The number of amides is 1. The number of nitrogens with one attached hydrogen (secondary N) is 1. The molecule has 1 aliphatic heterocycles. The summed E-state index contributed by atoms with van der Waals surface area (Å²) in [4.78, 5) is 11.2. The van der Waals surface area contributed by atoms with Crippen LogP contribution < -0.4 is 10.1 Å². The average Bonchev–Trinajstić information content (AvgIpc) is 2.28. The fourth-order valence-electron chi connectivity index (χ4n) is 1.57. The summed E-state index contributed by atoms with van der Waals surface area (Å²) in [5, 5.41) is 12.4. The standard InChI is InChI=1S/C11H13NO4/c1-2-15-11(14)7-4-3-5-8-10(7)12-9(13)6-16-8/h3-5,11,14H,2,6H2,1H3,(H,12,13). The van der Waals surface area contributed by atoms with Gasteiger partial charge in [0.25, 0.3) is 5.91 Å². The fourth-order valence-corrected chi connectivity index (χ4v) is 1.57. The van der Waals surface area contributed by atoms with E-state index in [2.05, 4.69) is 5.32 Å². The molecule has 0 saturated carbocycles. The largest absolute Gasteiger partial charge is 0.482 e. The highest BCUT2D eigenvalue weighted by Gasteiger charge is 2.22. The number of carbonyl (C=O) groups excluding carboxylic acids is 1. The lowest BCUT2D eigenvalue weighted by Crippen LogP contribution is -2.26. The van der Waals surface area contributed by atoms with E-state index in [1.807, 2.05) is 0 Å². The molecule has 0 saturated heterocycles. The second kappa shape index (κ2) is 4.51. The van der Waals surface area contributed by atoms with E-state index in [4.69, 9.17) is 9.47 Å². The first-order valence-electron chi connectivity index (χ1n) is 5.07. The normalized spacial score (nSPS) is 16.0. The van der Waals surface area contributed by atoms with Crippen molar-refractivity contribution in [1.29, 1.82) is 0 Å². The molecule has 1 aromatic carbocycles. The van der Waals surface area contributed by atoms with Crippen molar-refractivity contribution in [2.24, 2.45) is 0 Å². The van der Waals surface area contributed by atoms with Crippen molar-refractivity contribution in [2.75, 3.05) is 18.5 Å². The second-order valence-electron chi connectivity index (χ2n) is 3.36. The Hall–Kier alpha value is -1.59. The Kier molecular flexibility index (Phi) is 3.07. The highest BCUT2D eigenvalue weighted by atomic mass is 16.6. The molecule has 1 amide bonds. The number of aliphatic hydroxyl groups is 1. The summed E-state index contributed by atoms with van der Waals surface area (Å²) in [6, 6.07) is 5.17. The van der Waals surface area contributed by atoms with E-state index in [0.29, 0.717) is 23.6 Å². The van der Waals surface area contributed by atoms with Crippen molar-refractivity contribution in [3.05, 3.63) is 23.8 Å². The fraction of sp³-hybridized carbons (Fsp3) is 0.364. The Morgan fingerprint density at radius 1 is 1.62 bits per heavy atom. The van der Waals surface area contributed by atoms with Crippen LogP contribution >= 0.6 is 0 Å². The van der Waals surface area contributed by atoms with Gasteiger partial charge in [0.05, 0.1) is 5.69 Å². The first kappa shape index (κ1) is 10.9. The molecule has 0 radical (unpaired) electrons. The van der Waals surface area contributed by atoms with E-state index in [9.17, 15) is 9.90 Å². The average molecular weight is 223 g/mol. The van der Waals surface area contributed by atoms with E-state index in [0.717, 1.165) is 0 Å². The monoisotopic (exact) mass is 223 g/mol. The molecule has 16 heavy (non-hydrogen) atoms. The Labute approximate surface area is 93.0 Å². The molecule has 2 N–H and O–H groups in total. The number of hydrogen-bond acceptors (Lipinski definition) is 4. The Balaban J connectivity index is 2.35. The third kappa shape index (κ3) is 2.00. The molecular formula is C11H13NO4. The van der Waals surface area contributed by atoms with Crippen LogP contribution in [0.2, 0.25) is 0 Å². The summed E-state index contributed by atoms with van der Waals surface area (Å²) in [6.07, 6.45) is -1.05. The van der Waals surface area contributed by atoms with E-state index >= 15 is 0 Å². The maximum absolute atomic E-state index is 11.2. The Morgan fingerprint density at radius 2 is 2.44 bits per heavy atom. The molecule has 5 heteroatoms. The predicted octanol–water partition coefficient (Wildman–Crippen LogP) is 1.04. The van der Waals surface area contributed by atoms with Gasteiger partial charge in [-0.3, -0.25) is 4.79 Å². The Morgan fingerprint density at radius 3 is 3.19 bits per heavy atom. The number of rotatable bonds is 3. The van der Waals surface area contributed by atoms with Gasteiger partial charge in [-0.1, -0.05) is 12.1 Å².